The van der Waals surface area contributed by atoms with Crippen molar-refractivity contribution in [2.24, 2.45) is 0 Å². The highest BCUT2D eigenvalue weighted by molar-refractivity contribution is 5.67. The Hall–Kier alpha value is -2.24. The van der Waals surface area contributed by atoms with Gasteiger partial charge in [0, 0.05) is 6.42 Å². The van der Waals surface area contributed by atoms with Gasteiger partial charge in [0.1, 0.15) is 0 Å². The lowest BCUT2D eigenvalue weighted by atomic mass is 10.1. The predicted octanol–water partition coefficient (Wildman–Crippen LogP) is 2.00. The molecule has 0 aliphatic heterocycles. The molecule has 6 nitrogen and oxygen atoms in total. The van der Waals surface area contributed by atoms with Crippen LogP contribution in [0.15, 0.2) is 24.3 Å². The van der Waals surface area contributed by atoms with Crippen LogP contribution in [-0.4, -0.2) is 31.3 Å². The highest BCUT2D eigenvalue weighted by atomic mass is 16.4. The molecule has 0 amide bonds. The monoisotopic (exact) mass is 274 g/mol. The van der Waals surface area contributed by atoms with Gasteiger partial charge < -0.3 is 5.11 Å². The lowest BCUT2D eigenvalue weighted by Crippen LogP contribution is -2.17. The van der Waals surface area contributed by atoms with Crippen molar-refractivity contribution in [2.45, 2.75) is 39.2 Å². The highest BCUT2D eigenvalue weighted by Gasteiger charge is 2.18. The number of benzene rings is 1. The molecule has 0 fully saturated rings. The van der Waals surface area contributed by atoms with E-state index >= 15 is 0 Å². The average molecular weight is 274 g/mol. The zero-order valence-electron chi connectivity index (χ0n) is 11.7. The third-order valence-corrected chi connectivity index (χ3v) is 3.27. The van der Waals surface area contributed by atoms with Crippen molar-refractivity contribution in [2.75, 3.05) is 0 Å². The number of aryl methyl sites for hydroxylation is 1. The molecule has 0 aliphatic rings. The standard InChI is InChI=1S/C14H18N4O2/c1-3-12(9-14(19)20)18-13(15-16-17-18)8-11-6-4-10(2)5-7-11/h4-7,12H,3,8-9H2,1-2H3,(H,19,20). The molecule has 1 N–H and O–H groups in total. The predicted molar refractivity (Wildman–Crippen MR) is 73.4 cm³/mol. The second-order valence-corrected chi connectivity index (χ2v) is 4.86. The molecule has 0 bridgehead atoms. The minimum Gasteiger partial charge on any atom is -0.481 e. The zero-order chi connectivity index (χ0) is 14.5. The Morgan fingerprint density at radius 1 is 1.35 bits per heavy atom. The fraction of sp³-hybridized carbons (Fsp3) is 0.429. The van der Waals surface area contributed by atoms with Crippen molar-refractivity contribution in [3.63, 3.8) is 0 Å². The number of rotatable bonds is 6. The van der Waals surface area contributed by atoms with Crippen LogP contribution >= 0.6 is 0 Å². The normalized spacial score (nSPS) is 12.3. The molecule has 20 heavy (non-hydrogen) atoms. The van der Waals surface area contributed by atoms with Crippen LogP contribution in [-0.2, 0) is 11.2 Å². The maximum atomic E-state index is 10.9. The van der Waals surface area contributed by atoms with Gasteiger partial charge in [-0.05, 0) is 29.3 Å². The lowest BCUT2D eigenvalue weighted by molar-refractivity contribution is -0.138. The van der Waals surface area contributed by atoms with Crippen molar-refractivity contribution in [3.8, 4) is 0 Å². The molecular formula is C14H18N4O2. The number of hydrogen-bond donors (Lipinski definition) is 1. The number of aromatic nitrogens is 4. The third-order valence-electron chi connectivity index (χ3n) is 3.27. The second kappa shape index (κ2) is 6.27. The van der Waals surface area contributed by atoms with Crippen molar-refractivity contribution in [3.05, 3.63) is 41.2 Å². The minimum atomic E-state index is -0.839. The first-order valence-electron chi connectivity index (χ1n) is 6.64. The molecule has 1 heterocycles. The molecule has 0 saturated heterocycles. The summed E-state index contributed by atoms with van der Waals surface area (Å²) in [6.45, 7) is 3.97. The van der Waals surface area contributed by atoms with E-state index in [4.69, 9.17) is 5.11 Å². The van der Waals surface area contributed by atoms with Gasteiger partial charge in [-0.15, -0.1) is 5.10 Å². The van der Waals surface area contributed by atoms with Crippen LogP contribution in [0.25, 0.3) is 0 Å². The first-order valence-corrected chi connectivity index (χ1v) is 6.64. The fourth-order valence-corrected chi connectivity index (χ4v) is 2.11. The number of nitrogens with zero attached hydrogens (tertiary/aromatic N) is 4. The number of carboxylic acid groups (broad SMARTS) is 1. The molecule has 0 spiro atoms. The van der Waals surface area contributed by atoms with E-state index in [2.05, 4.69) is 15.5 Å². The van der Waals surface area contributed by atoms with E-state index in [9.17, 15) is 4.79 Å². The number of carbonyl (C=O) groups is 1. The van der Waals surface area contributed by atoms with Crippen LogP contribution in [0.3, 0.4) is 0 Å². The molecule has 0 aliphatic carbocycles. The summed E-state index contributed by atoms with van der Waals surface area (Å²) in [6, 6.07) is 7.94. The smallest absolute Gasteiger partial charge is 0.305 e. The Labute approximate surface area is 117 Å². The Bertz CT molecular complexity index is 577. The maximum Gasteiger partial charge on any atom is 0.305 e. The van der Waals surface area contributed by atoms with Crippen molar-refractivity contribution in [1.29, 1.82) is 0 Å². The van der Waals surface area contributed by atoms with E-state index in [1.54, 1.807) is 4.68 Å². The van der Waals surface area contributed by atoms with Gasteiger partial charge >= 0.3 is 5.97 Å². The quantitative estimate of drug-likeness (QED) is 0.871. The van der Waals surface area contributed by atoms with Crippen LogP contribution in [0.2, 0.25) is 0 Å². The topological polar surface area (TPSA) is 80.9 Å². The van der Waals surface area contributed by atoms with E-state index in [1.807, 2.05) is 38.1 Å². The van der Waals surface area contributed by atoms with Crippen LogP contribution in [0.1, 0.15) is 42.8 Å². The van der Waals surface area contributed by atoms with Gasteiger partial charge in [0.05, 0.1) is 12.5 Å². The van der Waals surface area contributed by atoms with Crippen molar-refractivity contribution < 1.29 is 9.90 Å². The average Bonchev–Trinajstić information content (AvgIpc) is 2.86. The van der Waals surface area contributed by atoms with E-state index in [-0.39, 0.29) is 12.5 Å². The molecule has 0 saturated carbocycles. The molecule has 1 aromatic heterocycles. The molecule has 1 unspecified atom stereocenters. The third kappa shape index (κ3) is 3.40. The molecule has 0 radical (unpaired) electrons. The van der Waals surface area contributed by atoms with E-state index in [0.29, 0.717) is 18.7 Å². The molecule has 1 atom stereocenters. The number of carboxylic acids is 1. The van der Waals surface area contributed by atoms with Gasteiger partial charge in [-0.1, -0.05) is 36.8 Å². The van der Waals surface area contributed by atoms with E-state index in [0.717, 1.165) is 5.56 Å². The van der Waals surface area contributed by atoms with Gasteiger partial charge in [0.15, 0.2) is 5.82 Å². The van der Waals surface area contributed by atoms with Gasteiger partial charge in [-0.3, -0.25) is 4.79 Å². The number of tetrazole rings is 1. The van der Waals surface area contributed by atoms with Crippen LogP contribution in [0.5, 0.6) is 0 Å². The molecular weight excluding hydrogens is 256 g/mol. The highest BCUT2D eigenvalue weighted by Crippen LogP contribution is 2.17. The molecule has 1 aromatic carbocycles. The molecule has 2 aromatic rings. The van der Waals surface area contributed by atoms with Gasteiger partial charge in [0.2, 0.25) is 0 Å². The first-order chi connectivity index (χ1) is 9.60. The van der Waals surface area contributed by atoms with Gasteiger partial charge in [-0.25, -0.2) is 4.68 Å². The minimum absolute atomic E-state index is 0.0302. The molecule has 106 valence electrons. The summed E-state index contributed by atoms with van der Waals surface area (Å²) in [6.07, 6.45) is 1.31. The van der Waals surface area contributed by atoms with E-state index < -0.39 is 5.97 Å². The summed E-state index contributed by atoms with van der Waals surface area (Å²) in [4.78, 5) is 10.9. The summed E-state index contributed by atoms with van der Waals surface area (Å²) in [7, 11) is 0. The summed E-state index contributed by atoms with van der Waals surface area (Å²) in [5.74, 6) is -0.143. The zero-order valence-corrected chi connectivity index (χ0v) is 11.7. The largest absolute Gasteiger partial charge is 0.481 e. The SMILES string of the molecule is CCC(CC(=O)O)n1nnnc1Cc1ccc(C)cc1. The van der Waals surface area contributed by atoms with Crippen LogP contribution in [0, 0.1) is 6.92 Å². The molecule has 2 rings (SSSR count). The van der Waals surface area contributed by atoms with Crippen molar-refractivity contribution in [1.82, 2.24) is 20.2 Å². The van der Waals surface area contributed by atoms with Crippen LogP contribution in [0.4, 0.5) is 0 Å². The second-order valence-electron chi connectivity index (χ2n) is 4.86. The number of aliphatic carboxylic acids is 1. The molecule has 6 heteroatoms. The van der Waals surface area contributed by atoms with Crippen LogP contribution < -0.4 is 0 Å². The Kier molecular flexibility index (Phi) is 4.45. The van der Waals surface area contributed by atoms with Gasteiger partial charge in [-0.2, -0.15) is 0 Å². The van der Waals surface area contributed by atoms with Crippen molar-refractivity contribution >= 4 is 5.97 Å². The summed E-state index contributed by atoms with van der Waals surface area (Å²) in [5.41, 5.74) is 2.31. The number of hydrogen-bond acceptors (Lipinski definition) is 4. The Morgan fingerprint density at radius 2 is 2.05 bits per heavy atom. The first kappa shape index (κ1) is 14.2. The summed E-state index contributed by atoms with van der Waals surface area (Å²) in [5, 5.41) is 20.6. The maximum absolute atomic E-state index is 10.9. The van der Waals surface area contributed by atoms with Gasteiger partial charge in [0.25, 0.3) is 0 Å². The Morgan fingerprint density at radius 3 is 2.65 bits per heavy atom. The summed E-state index contributed by atoms with van der Waals surface area (Å²) < 4.78 is 1.63. The Balaban J connectivity index is 2.19. The summed E-state index contributed by atoms with van der Waals surface area (Å²) >= 11 is 0. The lowest BCUT2D eigenvalue weighted by Gasteiger charge is -2.14. The fourth-order valence-electron chi connectivity index (χ4n) is 2.11. The van der Waals surface area contributed by atoms with E-state index in [1.165, 1.54) is 5.56 Å².